The summed E-state index contributed by atoms with van der Waals surface area (Å²) in [6, 6.07) is 17.6. The summed E-state index contributed by atoms with van der Waals surface area (Å²) in [6.07, 6.45) is 2.80. The number of aromatic nitrogens is 2. The normalized spacial score (nSPS) is 10.7. The highest BCUT2D eigenvalue weighted by atomic mass is 16.3. The van der Waals surface area contributed by atoms with E-state index in [1.165, 1.54) is 5.69 Å². The topological polar surface area (TPSA) is 38.0 Å². The SMILES string of the molecule is CCc1c(-c2ccccc2)ncn1Cc1cccc(O)c1. The Labute approximate surface area is 124 Å². The van der Waals surface area contributed by atoms with E-state index in [-0.39, 0.29) is 0 Å². The molecule has 0 aliphatic heterocycles. The molecular weight excluding hydrogens is 260 g/mol. The molecule has 0 spiro atoms. The maximum Gasteiger partial charge on any atom is 0.115 e. The third kappa shape index (κ3) is 2.82. The van der Waals surface area contributed by atoms with Crippen LogP contribution in [0.4, 0.5) is 0 Å². The Kier molecular flexibility index (Phi) is 3.73. The Morgan fingerprint density at radius 1 is 1.05 bits per heavy atom. The highest BCUT2D eigenvalue weighted by Crippen LogP contribution is 2.23. The molecule has 0 aliphatic carbocycles. The zero-order valence-corrected chi connectivity index (χ0v) is 12.0. The van der Waals surface area contributed by atoms with Gasteiger partial charge in [-0.2, -0.15) is 0 Å². The molecule has 1 heterocycles. The van der Waals surface area contributed by atoms with Crippen molar-refractivity contribution in [1.82, 2.24) is 9.55 Å². The number of phenols is 1. The molecule has 1 aromatic heterocycles. The quantitative estimate of drug-likeness (QED) is 0.786. The zero-order chi connectivity index (χ0) is 14.7. The minimum absolute atomic E-state index is 0.300. The number of nitrogens with zero attached hydrogens (tertiary/aromatic N) is 2. The lowest BCUT2D eigenvalue weighted by molar-refractivity contribution is 0.474. The van der Waals surface area contributed by atoms with Gasteiger partial charge in [0.1, 0.15) is 5.75 Å². The highest BCUT2D eigenvalue weighted by molar-refractivity contribution is 5.61. The second kappa shape index (κ2) is 5.83. The Balaban J connectivity index is 1.95. The molecule has 3 rings (SSSR count). The van der Waals surface area contributed by atoms with E-state index in [4.69, 9.17) is 0 Å². The van der Waals surface area contributed by atoms with Crippen LogP contribution < -0.4 is 0 Å². The lowest BCUT2D eigenvalue weighted by Crippen LogP contribution is -2.03. The second-order valence-corrected chi connectivity index (χ2v) is 5.06. The number of benzene rings is 2. The van der Waals surface area contributed by atoms with Crippen LogP contribution in [0.25, 0.3) is 11.3 Å². The second-order valence-electron chi connectivity index (χ2n) is 5.06. The van der Waals surface area contributed by atoms with Crippen molar-refractivity contribution in [1.29, 1.82) is 0 Å². The molecule has 0 saturated carbocycles. The molecule has 106 valence electrons. The minimum Gasteiger partial charge on any atom is -0.508 e. The Morgan fingerprint density at radius 3 is 2.57 bits per heavy atom. The van der Waals surface area contributed by atoms with Crippen molar-refractivity contribution in [3.63, 3.8) is 0 Å². The smallest absolute Gasteiger partial charge is 0.115 e. The van der Waals surface area contributed by atoms with Crippen LogP contribution in [0.1, 0.15) is 18.2 Å². The Bertz CT molecular complexity index is 732. The van der Waals surface area contributed by atoms with Gasteiger partial charge in [-0.25, -0.2) is 4.98 Å². The van der Waals surface area contributed by atoms with E-state index in [0.29, 0.717) is 5.75 Å². The van der Waals surface area contributed by atoms with Crippen molar-refractivity contribution in [2.24, 2.45) is 0 Å². The van der Waals surface area contributed by atoms with E-state index in [1.54, 1.807) is 12.1 Å². The fraction of sp³-hybridized carbons (Fsp3) is 0.167. The van der Waals surface area contributed by atoms with Crippen molar-refractivity contribution in [2.75, 3.05) is 0 Å². The molecule has 21 heavy (non-hydrogen) atoms. The monoisotopic (exact) mass is 278 g/mol. The molecule has 0 amide bonds. The minimum atomic E-state index is 0.300. The van der Waals surface area contributed by atoms with E-state index in [1.807, 2.05) is 36.7 Å². The van der Waals surface area contributed by atoms with Gasteiger partial charge >= 0.3 is 0 Å². The van der Waals surface area contributed by atoms with Crippen molar-refractivity contribution in [3.8, 4) is 17.0 Å². The zero-order valence-electron chi connectivity index (χ0n) is 12.0. The molecule has 0 bridgehead atoms. The summed E-state index contributed by atoms with van der Waals surface area (Å²) >= 11 is 0. The van der Waals surface area contributed by atoms with Crippen LogP contribution >= 0.6 is 0 Å². The lowest BCUT2D eigenvalue weighted by atomic mass is 10.1. The first kappa shape index (κ1) is 13.4. The Hall–Kier alpha value is -2.55. The predicted molar refractivity (Wildman–Crippen MR) is 84.2 cm³/mol. The maximum absolute atomic E-state index is 9.58. The van der Waals surface area contributed by atoms with Gasteiger partial charge in [-0.05, 0) is 24.1 Å². The van der Waals surface area contributed by atoms with Crippen LogP contribution in [-0.4, -0.2) is 14.7 Å². The average molecular weight is 278 g/mol. The number of hydrogen-bond donors (Lipinski definition) is 1. The summed E-state index contributed by atoms with van der Waals surface area (Å²) in [5.41, 5.74) is 4.47. The molecule has 0 fully saturated rings. The van der Waals surface area contributed by atoms with Gasteiger partial charge in [-0.15, -0.1) is 0 Å². The fourth-order valence-electron chi connectivity index (χ4n) is 2.60. The van der Waals surface area contributed by atoms with Crippen molar-refractivity contribution >= 4 is 0 Å². The average Bonchev–Trinajstić information content (AvgIpc) is 2.91. The van der Waals surface area contributed by atoms with E-state index >= 15 is 0 Å². The summed E-state index contributed by atoms with van der Waals surface area (Å²) < 4.78 is 2.15. The van der Waals surface area contributed by atoms with Gasteiger partial charge in [-0.1, -0.05) is 49.4 Å². The molecule has 3 nitrogen and oxygen atoms in total. The van der Waals surface area contributed by atoms with Crippen LogP contribution in [0.5, 0.6) is 5.75 Å². The maximum atomic E-state index is 9.58. The summed E-state index contributed by atoms with van der Waals surface area (Å²) in [5.74, 6) is 0.300. The molecule has 0 saturated heterocycles. The first-order valence-electron chi connectivity index (χ1n) is 7.15. The summed E-state index contributed by atoms with van der Waals surface area (Å²) in [6.45, 7) is 2.86. The largest absolute Gasteiger partial charge is 0.508 e. The molecule has 0 unspecified atom stereocenters. The molecule has 1 N–H and O–H groups in total. The number of imidazole rings is 1. The number of rotatable bonds is 4. The Morgan fingerprint density at radius 2 is 1.86 bits per heavy atom. The fourth-order valence-corrected chi connectivity index (χ4v) is 2.60. The first-order valence-corrected chi connectivity index (χ1v) is 7.15. The first-order chi connectivity index (χ1) is 10.3. The van der Waals surface area contributed by atoms with Gasteiger partial charge < -0.3 is 9.67 Å². The van der Waals surface area contributed by atoms with Gasteiger partial charge in [0.25, 0.3) is 0 Å². The molecular formula is C18H18N2O. The van der Waals surface area contributed by atoms with Gasteiger partial charge in [0, 0.05) is 17.8 Å². The summed E-state index contributed by atoms with van der Waals surface area (Å²) in [4.78, 5) is 4.58. The third-order valence-electron chi connectivity index (χ3n) is 3.59. The third-order valence-corrected chi connectivity index (χ3v) is 3.59. The molecule has 0 atom stereocenters. The van der Waals surface area contributed by atoms with E-state index in [2.05, 4.69) is 28.6 Å². The van der Waals surface area contributed by atoms with Gasteiger partial charge in [0.2, 0.25) is 0 Å². The van der Waals surface area contributed by atoms with Crippen LogP contribution in [-0.2, 0) is 13.0 Å². The molecule has 0 radical (unpaired) electrons. The van der Waals surface area contributed by atoms with Crippen LogP contribution in [0.2, 0.25) is 0 Å². The van der Waals surface area contributed by atoms with Gasteiger partial charge in [0.15, 0.2) is 0 Å². The number of phenolic OH excluding ortho intramolecular Hbond substituents is 1. The summed E-state index contributed by atoms with van der Waals surface area (Å²) in [5, 5.41) is 9.58. The highest BCUT2D eigenvalue weighted by Gasteiger charge is 2.11. The van der Waals surface area contributed by atoms with Gasteiger partial charge in [0.05, 0.1) is 12.0 Å². The standard InChI is InChI=1S/C18H18N2O/c1-2-17-18(15-8-4-3-5-9-15)19-13-20(17)12-14-7-6-10-16(21)11-14/h3-11,13,21H,2,12H2,1H3. The number of hydrogen-bond acceptors (Lipinski definition) is 2. The van der Waals surface area contributed by atoms with E-state index in [9.17, 15) is 5.11 Å². The molecule has 0 aliphatic rings. The van der Waals surface area contributed by atoms with Crippen LogP contribution in [0.3, 0.4) is 0 Å². The van der Waals surface area contributed by atoms with Crippen molar-refractivity contribution in [2.45, 2.75) is 19.9 Å². The van der Waals surface area contributed by atoms with Crippen molar-refractivity contribution < 1.29 is 5.11 Å². The molecule has 3 heteroatoms. The van der Waals surface area contributed by atoms with Gasteiger partial charge in [-0.3, -0.25) is 0 Å². The van der Waals surface area contributed by atoms with Crippen LogP contribution in [0.15, 0.2) is 60.9 Å². The predicted octanol–water partition coefficient (Wildman–Crippen LogP) is 3.87. The number of aromatic hydroxyl groups is 1. The van der Waals surface area contributed by atoms with Crippen LogP contribution in [0, 0.1) is 0 Å². The molecule has 3 aromatic rings. The summed E-state index contributed by atoms with van der Waals surface area (Å²) in [7, 11) is 0. The lowest BCUT2D eigenvalue weighted by Gasteiger charge is -2.09. The van der Waals surface area contributed by atoms with Crippen molar-refractivity contribution in [3.05, 3.63) is 72.2 Å². The van der Waals surface area contributed by atoms with E-state index in [0.717, 1.165) is 29.8 Å². The molecule has 2 aromatic carbocycles. The van der Waals surface area contributed by atoms with E-state index < -0.39 is 0 Å².